The number of carbonyl (C=O) groups excluding carboxylic acids is 3. The molecule has 5 aliphatic rings. The summed E-state index contributed by atoms with van der Waals surface area (Å²) in [6.45, 7) is 4.98. The number of morpholine rings is 1. The van der Waals surface area contributed by atoms with Crippen LogP contribution in [0.1, 0.15) is 116 Å². The number of amides is 3. The Labute approximate surface area is 381 Å². The first-order chi connectivity index (χ1) is 32.3. The molecule has 10 rings (SSSR count). The van der Waals surface area contributed by atoms with E-state index >= 15 is 0 Å². The van der Waals surface area contributed by atoms with Crippen LogP contribution in [0.5, 0.6) is 0 Å². The van der Waals surface area contributed by atoms with Gasteiger partial charge in [-0.05, 0) is 76.3 Å². The number of hydrogen-bond acceptors (Lipinski definition) is 11. The van der Waals surface area contributed by atoms with Gasteiger partial charge >= 0.3 is 6.18 Å². The third-order valence-corrected chi connectivity index (χ3v) is 14.0. The van der Waals surface area contributed by atoms with Crippen LogP contribution in [-0.2, 0) is 19.1 Å². The van der Waals surface area contributed by atoms with Crippen molar-refractivity contribution in [3.8, 4) is 11.8 Å². The fourth-order valence-corrected chi connectivity index (χ4v) is 10.4. The van der Waals surface area contributed by atoms with E-state index in [4.69, 9.17) is 14.5 Å². The third kappa shape index (κ3) is 9.10. The van der Waals surface area contributed by atoms with Crippen molar-refractivity contribution in [2.75, 3.05) is 49.6 Å². The first-order valence-corrected chi connectivity index (χ1v) is 22.9. The van der Waals surface area contributed by atoms with Gasteiger partial charge in [-0.2, -0.15) is 28.5 Å². The van der Waals surface area contributed by atoms with Crippen LogP contribution in [0, 0.1) is 17.8 Å². The SMILES string of the molecule is CC(n1nc(C2CCC(=O)NC2=O)c2cccc(C#CCOC3CCN(CC4CCC(n5cc(NC(=O)c6cnn7ccc(N8C[C@@H]9C[C@H]8CO9)nc67)c(C(F)F)n5)CC4)CC3)c21)C(F)(F)F. The van der Waals surface area contributed by atoms with Gasteiger partial charge in [0.1, 0.15) is 24.0 Å². The van der Waals surface area contributed by atoms with Gasteiger partial charge in [0, 0.05) is 50.4 Å². The zero-order valence-electron chi connectivity index (χ0n) is 36.7. The van der Waals surface area contributed by atoms with Crippen molar-refractivity contribution in [3.63, 3.8) is 0 Å². The van der Waals surface area contributed by atoms with Gasteiger partial charge < -0.3 is 24.6 Å². The van der Waals surface area contributed by atoms with E-state index in [1.807, 2.05) is 6.07 Å². The minimum Gasteiger partial charge on any atom is -0.374 e. The number of nitrogens with one attached hydrogen (secondary N) is 2. The molecule has 4 aliphatic heterocycles. The topological polar surface area (TPSA) is 166 Å². The Morgan fingerprint density at radius 3 is 2.57 bits per heavy atom. The van der Waals surface area contributed by atoms with Gasteiger partial charge in [0.25, 0.3) is 12.3 Å². The minimum atomic E-state index is -4.61. The molecule has 3 amide bonds. The highest BCUT2D eigenvalue weighted by atomic mass is 19.4. The van der Waals surface area contributed by atoms with E-state index in [-0.39, 0.29) is 66.2 Å². The number of ether oxygens (including phenoxy) is 2. The fourth-order valence-electron chi connectivity index (χ4n) is 10.4. The van der Waals surface area contributed by atoms with Crippen molar-refractivity contribution >= 4 is 45.8 Å². The van der Waals surface area contributed by atoms with E-state index < -0.39 is 48.0 Å². The molecular formula is C46H50F5N11O5. The van der Waals surface area contributed by atoms with Crippen LogP contribution in [0.4, 0.5) is 33.5 Å². The van der Waals surface area contributed by atoms with E-state index in [2.05, 4.69) is 47.6 Å². The average Bonchev–Trinajstić information content (AvgIpc) is 4.17. The lowest BCUT2D eigenvalue weighted by molar-refractivity contribution is -0.164. The summed E-state index contributed by atoms with van der Waals surface area (Å²) in [5.74, 6) is 4.62. The normalized spacial score (nSPS) is 24.4. The van der Waals surface area contributed by atoms with Gasteiger partial charge in [0.15, 0.2) is 11.3 Å². The summed E-state index contributed by atoms with van der Waals surface area (Å²) in [4.78, 5) is 47.3. The Bertz CT molecular complexity index is 2740. The zero-order chi connectivity index (χ0) is 46.6. The highest BCUT2D eigenvalue weighted by Crippen LogP contribution is 2.39. The van der Waals surface area contributed by atoms with Gasteiger partial charge in [0.05, 0.1) is 65.5 Å². The molecule has 8 heterocycles. The summed E-state index contributed by atoms with van der Waals surface area (Å²) < 4.78 is 86.5. The molecule has 1 aliphatic carbocycles. The molecule has 1 aromatic carbocycles. The molecule has 2 N–H and O–H groups in total. The van der Waals surface area contributed by atoms with Gasteiger partial charge in [-0.25, -0.2) is 18.3 Å². The first kappa shape index (κ1) is 44.8. The summed E-state index contributed by atoms with van der Waals surface area (Å²) in [6, 6.07) is 4.90. The number of benzene rings is 1. The molecule has 5 fully saturated rings. The van der Waals surface area contributed by atoms with E-state index in [9.17, 15) is 36.3 Å². The molecule has 16 nitrogen and oxygen atoms in total. The lowest BCUT2D eigenvalue weighted by Crippen LogP contribution is -2.40. The molecule has 5 aromatic rings. The predicted molar refractivity (Wildman–Crippen MR) is 233 cm³/mol. The average molecular weight is 932 g/mol. The lowest BCUT2D eigenvalue weighted by Gasteiger charge is -2.36. The number of likely N-dealkylation sites (tertiary alicyclic amines) is 1. The Kier molecular flexibility index (Phi) is 12.2. The predicted octanol–water partition coefficient (Wildman–Crippen LogP) is 6.35. The van der Waals surface area contributed by atoms with Crippen molar-refractivity contribution < 1.29 is 45.8 Å². The number of anilines is 2. The first-order valence-electron chi connectivity index (χ1n) is 22.9. The van der Waals surface area contributed by atoms with Crippen LogP contribution in [0.3, 0.4) is 0 Å². The molecule has 354 valence electrons. The number of halogens is 5. The van der Waals surface area contributed by atoms with Gasteiger partial charge in [-0.1, -0.05) is 24.0 Å². The molecule has 4 saturated heterocycles. The van der Waals surface area contributed by atoms with Crippen LogP contribution in [0.25, 0.3) is 16.6 Å². The van der Waals surface area contributed by atoms with Crippen LogP contribution in [0.15, 0.2) is 42.9 Å². The number of aromatic nitrogens is 7. The highest BCUT2D eigenvalue weighted by Gasteiger charge is 2.42. The summed E-state index contributed by atoms with van der Waals surface area (Å²) in [6.07, 6.45) is 3.28. The smallest absolute Gasteiger partial charge is 0.374 e. The van der Waals surface area contributed by atoms with E-state index in [0.717, 1.165) is 82.7 Å². The monoisotopic (exact) mass is 931 g/mol. The standard InChI is InChI=1S/C46H50F5N11O5/c1-26(46(49,50)51)62-41-28(4-2-6-33(41)39(57-62)34-11-12-38(63)55-44(34)64)5-3-19-66-31-13-16-58(17-14-31)22-27-7-9-29(10-8-27)61-24-36(40(56-61)42(47)48)53-45(65)35-21-52-60-18-15-37(54-43(35)60)59-23-32-20-30(59)25-67-32/h2,4,6,15,18,21,24,26-27,29-32,34,42H,7-14,16-17,19-20,22-23,25H2,1H3,(H,53,65)(H,55,63,64)/t26?,27?,29?,30-,32-,34?/m0/s1. The summed E-state index contributed by atoms with van der Waals surface area (Å²) in [7, 11) is 0. The van der Waals surface area contributed by atoms with Gasteiger partial charge in [0.2, 0.25) is 11.8 Å². The second-order valence-electron chi connectivity index (χ2n) is 18.3. The largest absolute Gasteiger partial charge is 0.410 e. The maximum absolute atomic E-state index is 14.3. The maximum Gasteiger partial charge on any atom is 0.410 e. The Hall–Kier alpha value is -5.98. The second kappa shape index (κ2) is 18.3. The molecule has 21 heteroatoms. The Morgan fingerprint density at radius 2 is 1.85 bits per heavy atom. The minimum absolute atomic E-state index is 0.0346. The van der Waals surface area contributed by atoms with Crippen molar-refractivity contribution in [2.45, 2.75) is 114 Å². The second-order valence-corrected chi connectivity index (χ2v) is 18.3. The van der Waals surface area contributed by atoms with Gasteiger partial charge in [-0.3, -0.25) is 29.1 Å². The van der Waals surface area contributed by atoms with Crippen molar-refractivity contribution in [1.82, 2.24) is 44.4 Å². The van der Waals surface area contributed by atoms with E-state index in [1.165, 1.54) is 16.9 Å². The fraction of sp³-hybridized carbons (Fsp3) is 0.543. The molecule has 67 heavy (non-hydrogen) atoms. The molecule has 2 unspecified atom stereocenters. The number of fused-ring (bicyclic) bond motifs is 4. The quantitative estimate of drug-likeness (QED) is 0.0862. The molecular weight excluding hydrogens is 882 g/mol. The van der Waals surface area contributed by atoms with Gasteiger partial charge in [-0.15, -0.1) is 0 Å². The molecule has 1 saturated carbocycles. The number of carbonyl (C=O) groups is 3. The maximum atomic E-state index is 14.3. The molecule has 4 atom stereocenters. The van der Waals surface area contributed by atoms with Crippen LogP contribution >= 0.6 is 0 Å². The van der Waals surface area contributed by atoms with E-state index in [0.29, 0.717) is 34.9 Å². The number of rotatable bonds is 11. The number of hydrogen-bond donors (Lipinski definition) is 2. The Morgan fingerprint density at radius 1 is 1.04 bits per heavy atom. The van der Waals surface area contributed by atoms with Crippen LogP contribution in [0.2, 0.25) is 0 Å². The number of nitrogens with zero attached hydrogens (tertiary/aromatic N) is 9. The van der Waals surface area contributed by atoms with Crippen molar-refractivity contribution in [2.24, 2.45) is 5.92 Å². The summed E-state index contributed by atoms with van der Waals surface area (Å²) in [5, 5.41) is 18.2. The van der Waals surface area contributed by atoms with Crippen molar-refractivity contribution in [1.29, 1.82) is 0 Å². The number of para-hydroxylation sites is 1. The molecule has 2 bridgehead atoms. The molecule has 4 aromatic heterocycles. The summed E-state index contributed by atoms with van der Waals surface area (Å²) >= 11 is 0. The van der Waals surface area contributed by atoms with Crippen LogP contribution < -0.4 is 15.5 Å². The van der Waals surface area contributed by atoms with E-state index in [1.54, 1.807) is 29.1 Å². The Balaban J connectivity index is 0.712. The number of piperidine rings is 2. The van der Waals surface area contributed by atoms with Crippen molar-refractivity contribution in [3.05, 3.63) is 65.4 Å². The van der Waals surface area contributed by atoms with Crippen LogP contribution in [-0.4, -0.2) is 121 Å². The number of alkyl halides is 5. The molecule has 0 spiro atoms. The summed E-state index contributed by atoms with van der Waals surface area (Å²) in [5.41, 5.74) is 0.663. The molecule has 0 radical (unpaired) electrons. The third-order valence-electron chi connectivity index (χ3n) is 14.0. The zero-order valence-corrected chi connectivity index (χ0v) is 36.7. The highest BCUT2D eigenvalue weighted by molar-refractivity contribution is 6.08. The lowest BCUT2D eigenvalue weighted by atomic mass is 9.85. The number of imide groups is 1.